The second kappa shape index (κ2) is 3.46. The van der Waals surface area contributed by atoms with Gasteiger partial charge in [0.15, 0.2) is 5.82 Å². The van der Waals surface area contributed by atoms with E-state index in [0.717, 1.165) is 18.1 Å². The molecule has 1 aliphatic carbocycles. The van der Waals surface area contributed by atoms with Gasteiger partial charge in [-0.05, 0) is 19.4 Å². The number of aromatic nitrogens is 3. The summed E-state index contributed by atoms with van der Waals surface area (Å²) in [5, 5.41) is 4.33. The molecule has 4 heteroatoms. The van der Waals surface area contributed by atoms with Crippen molar-refractivity contribution in [3.63, 3.8) is 0 Å². The molecule has 1 aliphatic rings. The van der Waals surface area contributed by atoms with Crippen LogP contribution in [0.1, 0.15) is 36.8 Å². The average molecular weight is 180 g/mol. The van der Waals surface area contributed by atoms with E-state index in [1.54, 1.807) is 0 Å². The van der Waals surface area contributed by atoms with Gasteiger partial charge in [-0.15, -0.1) is 0 Å². The summed E-state index contributed by atoms with van der Waals surface area (Å²) in [6, 6.07) is 0. The third kappa shape index (κ3) is 1.58. The fraction of sp³-hybridized carbons (Fsp3) is 0.778. The fourth-order valence-electron chi connectivity index (χ4n) is 1.71. The van der Waals surface area contributed by atoms with Crippen LogP contribution in [0.15, 0.2) is 0 Å². The van der Waals surface area contributed by atoms with Gasteiger partial charge in [0.05, 0.1) is 0 Å². The Morgan fingerprint density at radius 3 is 2.85 bits per heavy atom. The van der Waals surface area contributed by atoms with Crippen LogP contribution in [0.3, 0.4) is 0 Å². The standard InChI is InChI=1S/C9H16N4/c1-13-9(7-3-2-4-7)11-8(12-13)5-6-10/h7H,2-6,10H2,1H3. The first-order valence-corrected chi connectivity index (χ1v) is 4.91. The highest BCUT2D eigenvalue weighted by Gasteiger charge is 2.24. The van der Waals surface area contributed by atoms with Gasteiger partial charge in [0.2, 0.25) is 0 Å². The SMILES string of the molecule is Cn1nc(CCN)nc1C1CCC1. The zero-order valence-corrected chi connectivity index (χ0v) is 8.03. The van der Waals surface area contributed by atoms with Gasteiger partial charge in [-0.3, -0.25) is 4.68 Å². The largest absolute Gasteiger partial charge is 0.330 e. The Kier molecular flexibility index (Phi) is 2.31. The van der Waals surface area contributed by atoms with Gasteiger partial charge in [0.1, 0.15) is 5.82 Å². The average Bonchev–Trinajstić information content (AvgIpc) is 2.30. The van der Waals surface area contributed by atoms with Crippen LogP contribution >= 0.6 is 0 Å². The van der Waals surface area contributed by atoms with E-state index in [2.05, 4.69) is 10.1 Å². The Morgan fingerprint density at radius 2 is 2.31 bits per heavy atom. The van der Waals surface area contributed by atoms with E-state index >= 15 is 0 Å². The lowest BCUT2D eigenvalue weighted by atomic mass is 9.85. The van der Waals surface area contributed by atoms with Crippen molar-refractivity contribution in [1.29, 1.82) is 0 Å². The van der Waals surface area contributed by atoms with Crippen LogP contribution in [0, 0.1) is 0 Å². The zero-order valence-electron chi connectivity index (χ0n) is 8.03. The molecule has 0 saturated heterocycles. The van der Waals surface area contributed by atoms with E-state index in [0.29, 0.717) is 12.5 Å². The van der Waals surface area contributed by atoms with Gasteiger partial charge in [-0.25, -0.2) is 4.98 Å². The number of hydrogen-bond acceptors (Lipinski definition) is 3. The predicted molar refractivity (Wildman–Crippen MR) is 50.4 cm³/mol. The second-order valence-electron chi connectivity index (χ2n) is 3.68. The summed E-state index contributed by atoms with van der Waals surface area (Å²) in [6.07, 6.45) is 4.67. The number of nitrogens with two attached hydrogens (primary N) is 1. The first-order chi connectivity index (χ1) is 6.31. The maximum absolute atomic E-state index is 5.45. The van der Waals surface area contributed by atoms with Crippen LogP contribution < -0.4 is 5.73 Å². The molecule has 0 radical (unpaired) electrons. The van der Waals surface area contributed by atoms with Gasteiger partial charge in [-0.1, -0.05) is 6.42 Å². The predicted octanol–water partition coefficient (Wildman–Crippen LogP) is 0.584. The molecule has 2 rings (SSSR count). The molecule has 13 heavy (non-hydrogen) atoms. The molecular weight excluding hydrogens is 164 g/mol. The molecule has 0 aromatic carbocycles. The van der Waals surface area contributed by atoms with E-state index < -0.39 is 0 Å². The molecule has 4 nitrogen and oxygen atoms in total. The van der Waals surface area contributed by atoms with Crippen molar-refractivity contribution in [2.45, 2.75) is 31.6 Å². The maximum Gasteiger partial charge on any atom is 0.152 e. The van der Waals surface area contributed by atoms with Crippen LogP contribution in [0.2, 0.25) is 0 Å². The summed E-state index contributed by atoms with van der Waals surface area (Å²) < 4.78 is 1.91. The van der Waals surface area contributed by atoms with E-state index in [4.69, 9.17) is 5.73 Å². The molecule has 0 spiro atoms. The van der Waals surface area contributed by atoms with Crippen molar-refractivity contribution in [1.82, 2.24) is 14.8 Å². The normalized spacial score (nSPS) is 17.4. The molecule has 1 aromatic heterocycles. The zero-order chi connectivity index (χ0) is 9.26. The molecule has 0 bridgehead atoms. The smallest absolute Gasteiger partial charge is 0.152 e. The number of rotatable bonds is 3. The highest BCUT2D eigenvalue weighted by atomic mass is 15.3. The number of nitrogens with zero attached hydrogens (tertiary/aromatic N) is 3. The van der Waals surface area contributed by atoms with Crippen LogP contribution in [0.4, 0.5) is 0 Å². The highest BCUT2D eigenvalue weighted by molar-refractivity contribution is 5.03. The topological polar surface area (TPSA) is 56.7 Å². The van der Waals surface area contributed by atoms with Gasteiger partial charge >= 0.3 is 0 Å². The van der Waals surface area contributed by atoms with Crippen molar-refractivity contribution in [3.8, 4) is 0 Å². The Labute approximate surface area is 78.1 Å². The third-order valence-corrected chi connectivity index (χ3v) is 2.68. The van der Waals surface area contributed by atoms with Gasteiger partial charge < -0.3 is 5.73 Å². The summed E-state index contributed by atoms with van der Waals surface area (Å²) in [5.74, 6) is 2.70. The molecule has 1 fully saturated rings. The van der Waals surface area contributed by atoms with Crippen molar-refractivity contribution in [3.05, 3.63) is 11.6 Å². The van der Waals surface area contributed by atoms with Crippen LogP contribution in [-0.4, -0.2) is 21.3 Å². The maximum atomic E-state index is 5.45. The summed E-state index contributed by atoms with van der Waals surface area (Å²) in [6.45, 7) is 0.633. The van der Waals surface area contributed by atoms with Crippen LogP contribution in [-0.2, 0) is 13.5 Å². The van der Waals surface area contributed by atoms with Gasteiger partial charge in [-0.2, -0.15) is 5.10 Å². The van der Waals surface area contributed by atoms with Crippen molar-refractivity contribution < 1.29 is 0 Å². The van der Waals surface area contributed by atoms with Crippen molar-refractivity contribution >= 4 is 0 Å². The number of aryl methyl sites for hydroxylation is 1. The highest BCUT2D eigenvalue weighted by Crippen LogP contribution is 2.34. The van der Waals surface area contributed by atoms with E-state index in [1.807, 2.05) is 11.7 Å². The summed E-state index contributed by atoms with van der Waals surface area (Å²) in [5.41, 5.74) is 5.45. The minimum atomic E-state index is 0.633. The van der Waals surface area contributed by atoms with E-state index in [1.165, 1.54) is 19.3 Å². The molecule has 1 aromatic rings. The molecule has 0 amide bonds. The lowest BCUT2D eigenvalue weighted by Gasteiger charge is -2.23. The Morgan fingerprint density at radius 1 is 1.54 bits per heavy atom. The van der Waals surface area contributed by atoms with Gasteiger partial charge in [0, 0.05) is 19.4 Å². The monoisotopic (exact) mass is 180 g/mol. The minimum Gasteiger partial charge on any atom is -0.330 e. The first-order valence-electron chi connectivity index (χ1n) is 4.91. The summed E-state index contributed by atoms with van der Waals surface area (Å²) in [7, 11) is 1.97. The summed E-state index contributed by atoms with van der Waals surface area (Å²) >= 11 is 0. The van der Waals surface area contributed by atoms with Crippen molar-refractivity contribution in [2.75, 3.05) is 6.54 Å². The van der Waals surface area contributed by atoms with Crippen LogP contribution in [0.5, 0.6) is 0 Å². The Bertz CT molecular complexity index is 288. The van der Waals surface area contributed by atoms with Gasteiger partial charge in [0.25, 0.3) is 0 Å². The second-order valence-corrected chi connectivity index (χ2v) is 3.68. The molecule has 0 unspecified atom stereocenters. The Balaban J connectivity index is 2.15. The number of hydrogen-bond donors (Lipinski definition) is 1. The quantitative estimate of drug-likeness (QED) is 0.740. The first kappa shape index (κ1) is 8.69. The minimum absolute atomic E-state index is 0.633. The lowest BCUT2D eigenvalue weighted by molar-refractivity contribution is 0.388. The molecule has 1 saturated carbocycles. The third-order valence-electron chi connectivity index (χ3n) is 2.68. The van der Waals surface area contributed by atoms with E-state index in [-0.39, 0.29) is 0 Å². The molecule has 0 aliphatic heterocycles. The summed E-state index contributed by atoms with van der Waals surface area (Å²) in [4.78, 5) is 4.49. The van der Waals surface area contributed by atoms with Crippen LogP contribution in [0.25, 0.3) is 0 Å². The molecule has 72 valence electrons. The molecular formula is C9H16N4. The molecule has 1 heterocycles. The lowest BCUT2D eigenvalue weighted by Crippen LogP contribution is -2.14. The fourth-order valence-corrected chi connectivity index (χ4v) is 1.71. The molecule has 2 N–H and O–H groups in total. The van der Waals surface area contributed by atoms with E-state index in [9.17, 15) is 0 Å². The van der Waals surface area contributed by atoms with Crippen molar-refractivity contribution in [2.24, 2.45) is 12.8 Å². The Hall–Kier alpha value is -0.900. The molecule has 0 atom stereocenters.